The van der Waals surface area contributed by atoms with Gasteiger partial charge in [-0.1, -0.05) is 12.1 Å². The fourth-order valence-electron chi connectivity index (χ4n) is 3.26. The smallest absolute Gasteiger partial charge is 0.273 e. The second-order valence-corrected chi connectivity index (χ2v) is 7.34. The summed E-state index contributed by atoms with van der Waals surface area (Å²) in [5.74, 6) is -2.35. The van der Waals surface area contributed by atoms with Gasteiger partial charge in [0, 0.05) is 36.1 Å². The van der Waals surface area contributed by atoms with Crippen LogP contribution in [0.5, 0.6) is 0 Å². The van der Waals surface area contributed by atoms with Crippen molar-refractivity contribution in [3.8, 4) is 0 Å². The van der Waals surface area contributed by atoms with Crippen molar-refractivity contribution in [1.29, 1.82) is 0 Å². The molecule has 9 heteroatoms. The summed E-state index contributed by atoms with van der Waals surface area (Å²) in [5.41, 5.74) is 2.05. The Kier molecular flexibility index (Phi) is 6.24. The van der Waals surface area contributed by atoms with Crippen molar-refractivity contribution in [3.63, 3.8) is 0 Å². The zero-order valence-corrected chi connectivity index (χ0v) is 17.2. The van der Waals surface area contributed by atoms with E-state index in [1.807, 2.05) is 13.8 Å². The predicted molar refractivity (Wildman–Crippen MR) is 110 cm³/mol. The van der Waals surface area contributed by atoms with Crippen LogP contribution in [0.15, 0.2) is 42.5 Å². The second kappa shape index (κ2) is 8.86. The molecule has 0 aromatic heterocycles. The van der Waals surface area contributed by atoms with E-state index in [4.69, 9.17) is 0 Å². The molecule has 1 saturated heterocycles. The number of imide groups is 1. The lowest BCUT2D eigenvalue weighted by molar-refractivity contribution is -0.384. The van der Waals surface area contributed by atoms with Gasteiger partial charge in [0.15, 0.2) is 5.78 Å². The molecule has 1 aliphatic rings. The number of nitro groups is 1. The van der Waals surface area contributed by atoms with Gasteiger partial charge >= 0.3 is 0 Å². The lowest BCUT2D eigenvalue weighted by atomic mass is 10.0. The number of Topliss-reactive ketones (excluding diaryl/α,β-unsaturated/α-hetero) is 1. The van der Waals surface area contributed by atoms with Crippen LogP contribution in [0, 0.1) is 24.0 Å². The molecule has 0 aliphatic carbocycles. The predicted octanol–water partition coefficient (Wildman–Crippen LogP) is 2.99. The standard InChI is InChI=1S/C22H21N3O6/c1-14-6-7-17(12-15(14)2)19(26)13-23(24-20(27)4-3-5-21(24)28)22(29)16-8-10-18(11-9-16)25(30)31/h6-12H,3-5,13H2,1-2H3. The van der Waals surface area contributed by atoms with E-state index in [1.165, 1.54) is 12.1 Å². The second-order valence-electron chi connectivity index (χ2n) is 7.34. The molecule has 3 amide bonds. The van der Waals surface area contributed by atoms with E-state index >= 15 is 0 Å². The maximum Gasteiger partial charge on any atom is 0.273 e. The summed E-state index contributed by atoms with van der Waals surface area (Å²) in [6, 6.07) is 9.85. The molecule has 1 fully saturated rings. The molecule has 0 spiro atoms. The van der Waals surface area contributed by atoms with Crippen LogP contribution in [-0.2, 0) is 9.59 Å². The largest absolute Gasteiger partial charge is 0.292 e. The van der Waals surface area contributed by atoms with Crippen molar-refractivity contribution in [1.82, 2.24) is 10.0 Å². The van der Waals surface area contributed by atoms with Crippen molar-refractivity contribution in [2.45, 2.75) is 33.1 Å². The fourth-order valence-corrected chi connectivity index (χ4v) is 3.26. The first kappa shape index (κ1) is 21.8. The lowest BCUT2D eigenvalue weighted by Gasteiger charge is -2.35. The van der Waals surface area contributed by atoms with Crippen LogP contribution in [0.25, 0.3) is 0 Å². The molecule has 0 unspecified atom stereocenters. The van der Waals surface area contributed by atoms with Crippen LogP contribution in [0.3, 0.4) is 0 Å². The number of hydrogen-bond acceptors (Lipinski definition) is 6. The number of hydrazine groups is 1. The Morgan fingerprint density at radius 3 is 2.10 bits per heavy atom. The van der Waals surface area contributed by atoms with Gasteiger partial charge in [-0.25, -0.2) is 5.01 Å². The minimum atomic E-state index is -0.768. The minimum Gasteiger partial charge on any atom is -0.292 e. The highest BCUT2D eigenvalue weighted by Gasteiger charge is 2.36. The van der Waals surface area contributed by atoms with E-state index < -0.39 is 35.0 Å². The molecule has 1 aliphatic heterocycles. The normalized spacial score (nSPS) is 13.8. The molecule has 2 aromatic carbocycles. The zero-order valence-electron chi connectivity index (χ0n) is 17.2. The number of rotatable bonds is 6. The van der Waals surface area contributed by atoms with Crippen LogP contribution in [0.1, 0.15) is 51.1 Å². The first-order chi connectivity index (χ1) is 14.7. The number of carbonyl (C=O) groups excluding carboxylic acids is 4. The molecule has 31 heavy (non-hydrogen) atoms. The number of nitrogens with zero attached hydrogens (tertiary/aromatic N) is 3. The molecule has 0 bridgehead atoms. The van der Waals surface area contributed by atoms with Gasteiger partial charge in [-0.3, -0.25) is 29.3 Å². The SMILES string of the molecule is Cc1ccc(C(=O)CN(C(=O)c2ccc([N+](=O)[O-])cc2)N2C(=O)CCCC2=O)cc1C. The van der Waals surface area contributed by atoms with E-state index in [-0.39, 0.29) is 24.1 Å². The Morgan fingerprint density at radius 1 is 0.968 bits per heavy atom. The number of hydrogen-bond donors (Lipinski definition) is 0. The van der Waals surface area contributed by atoms with Gasteiger partial charge in [0.2, 0.25) is 11.8 Å². The highest BCUT2D eigenvalue weighted by molar-refractivity contribution is 6.06. The molecule has 2 aromatic rings. The lowest BCUT2D eigenvalue weighted by Crippen LogP contribution is -2.56. The van der Waals surface area contributed by atoms with Crippen molar-refractivity contribution < 1.29 is 24.1 Å². The van der Waals surface area contributed by atoms with E-state index in [0.717, 1.165) is 33.3 Å². The summed E-state index contributed by atoms with van der Waals surface area (Å²) < 4.78 is 0. The molecule has 0 radical (unpaired) electrons. The number of ketones is 1. The van der Waals surface area contributed by atoms with Crippen molar-refractivity contribution in [2.75, 3.05) is 6.54 Å². The molecule has 0 atom stereocenters. The minimum absolute atomic E-state index is 0.0182. The van der Waals surface area contributed by atoms with Gasteiger partial charge in [-0.2, -0.15) is 5.01 Å². The van der Waals surface area contributed by atoms with Crippen LogP contribution in [-0.4, -0.2) is 45.0 Å². The third-order valence-corrected chi connectivity index (χ3v) is 5.18. The van der Waals surface area contributed by atoms with E-state index in [2.05, 4.69) is 0 Å². The summed E-state index contributed by atoms with van der Waals surface area (Å²) in [5, 5.41) is 12.4. The van der Waals surface area contributed by atoms with Gasteiger partial charge in [-0.05, 0) is 49.6 Å². The number of non-ortho nitro benzene ring substituents is 1. The number of aryl methyl sites for hydroxylation is 2. The quantitative estimate of drug-likeness (QED) is 0.305. The number of carbonyl (C=O) groups is 4. The van der Waals surface area contributed by atoms with Crippen molar-refractivity contribution in [3.05, 3.63) is 74.8 Å². The number of benzene rings is 2. The molecule has 1 heterocycles. The Morgan fingerprint density at radius 2 is 1.55 bits per heavy atom. The van der Waals surface area contributed by atoms with E-state index in [1.54, 1.807) is 18.2 Å². The van der Waals surface area contributed by atoms with Crippen LogP contribution in [0.4, 0.5) is 5.69 Å². The average Bonchev–Trinajstić information content (AvgIpc) is 2.74. The number of nitro benzene ring substituents is 1. The first-order valence-corrected chi connectivity index (χ1v) is 9.71. The van der Waals surface area contributed by atoms with E-state index in [0.29, 0.717) is 12.0 Å². The van der Waals surface area contributed by atoms with Crippen LogP contribution < -0.4 is 0 Å². The topological polar surface area (TPSA) is 118 Å². The molecular formula is C22H21N3O6. The first-order valence-electron chi connectivity index (χ1n) is 9.71. The molecule has 0 saturated carbocycles. The number of amides is 3. The molecule has 9 nitrogen and oxygen atoms in total. The van der Waals surface area contributed by atoms with Gasteiger partial charge in [0.25, 0.3) is 11.6 Å². The Hall–Kier alpha value is -3.88. The maximum atomic E-state index is 13.2. The van der Waals surface area contributed by atoms with Gasteiger partial charge < -0.3 is 0 Å². The average molecular weight is 423 g/mol. The molecule has 0 N–H and O–H groups in total. The summed E-state index contributed by atoms with van der Waals surface area (Å²) in [4.78, 5) is 61.3. The maximum absolute atomic E-state index is 13.2. The highest BCUT2D eigenvalue weighted by atomic mass is 16.6. The van der Waals surface area contributed by atoms with Crippen molar-refractivity contribution >= 4 is 29.2 Å². The van der Waals surface area contributed by atoms with E-state index in [9.17, 15) is 29.3 Å². The summed E-state index contributed by atoms with van der Waals surface area (Å²) in [7, 11) is 0. The van der Waals surface area contributed by atoms with Crippen LogP contribution >= 0.6 is 0 Å². The van der Waals surface area contributed by atoms with Gasteiger partial charge in [0.05, 0.1) is 4.92 Å². The Bertz CT molecular complexity index is 1060. The van der Waals surface area contributed by atoms with Crippen molar-refractivity contribution in [2.24, 2.45) is 0 Å². The Balaban J connectivity index is 1.95. The molecule has 160 valence electrons. The third-order valence-electron chi connectivity index (χ3n) is 5.18. The molecular weight excluding hydrogens is 402 g/mol. The summed E-state index contributed by atoms with van der Waals surface area (Å²) in [6.07, 6.45) is 0.528. The third kappa shape index (κ3) is 4.66. The Labute approximate surface area is 178 Å². The molecule has 3 rings (SSSR count). The fraction of sp³-hybridized carbons (Fsp3) is 0.273. The van der Waals surface area contributed by atoms with Gasteiger partial charge in [0.1, 0.15) is 6.54 Å². The zero-order chi connectivity index (χ0) is 22.7. The monoisotopic (exact) mass is 423 g/mol. The highest BCUT2D eigenvalue weighted by Crippen LogP contribution is 2.20. The number of piperidine rings is 1. The van der Waals surface area contributed by atoms with Crippen LogP contribution in [0.2, 0.25) is 0 Å². The van der Waals surface area contributed by atoms with Gasteiger partial charge in [-0.15, -0.1) is 0 Å². The summed E-state index contributed by atoms with van der Waals surface area (Å²) >= 11 is 0. The summed E-state index contributed by atoms with van der Waals surface area (Å²) in [6.45, 7) is 3.23.